The maximum Gasteiger partial charge on any atom is 0.417 e. The second kappa shape index (κ2) is 12.9. The molecule has 0 radical (unpaired) electrons. The predicted molar refractivity (Wildman–Crippen MR) is 173 cm³/mol. The van der Waals surface area contributed by atoms with Gasteiger partial charge in [-0.05, 0) is 58.0 Å². The number of likely N-dealkylation sites (tertiary alicyclic amines) is 1. The molecule has 0 saturated carbocycles. The Kier molecular flexibility index (Phi) is 9.31. The van der Waals surface area contributed by atoms with E-state index < -0.39 is 39.5 Å². The Hall–Kier alpha value is -2.87. The van der Waals surface area contributed by atoms with Crippen LogP contribution in [0.15, 0.2) is 35.7 Å². The minimum atomic E-state index is -4.94. The van der Waals surface area contributed by atoms with Crippen LogP contribution in [0, 0.1) is 22.5 Å². The van der Waals surface area contributed by atoms with Crippen molar-refractivity contribution in [3.63, 3.8) is 0 Å². The average Bonchev–Trinajstić information content (AvgIpc) is 3.00. The SMILES string of the molecule is C=CC(=O)N1[C@H](C)CN(C(=N)c2cc(C(F)(F)F)c(-c3cc(Cl)c(F)cc3F)c3c2N[C@@H](CN2CCC4(CC2)COC4)CS3)C[C@@H]1C. The third-order valence-electron chi connectivity index (χ3n) is 9.77. The van der Waals surface area contributed by atoms with Crippen molar-refractivity contribution >= 4 is 40.8 Å². The zero-order valence-corrected chi connectivity index (χ0v) is 27.7. The molecule has 7 nitrogen and oxygen atoms in total. The van der Waals surface area contributed by atoms with Crippen molar-refractivity contribution < 1.29 is 31.5 Å². The summed E-state index contributed by atoms with van der Waals surface area (Å²) in [6, 6.07) is 1.43. The van der Waals surface area contributed by atoms with Gasteiger partial charge in [0.05, 0.1) is 29.5 Å². The Morgan fingerprint density at radius 3 is 2.38 bits per heavy atom. The number of piperidine rings is 1. The molecule has 254 valence electrons. The molecular weight excluding hydrogens is 661 g/mol. The van der Waals surface area contributed by atoms with E-state index in [9.17, 15) is 27.8 Å². The van der Waals surface area contributed by atoms with Gasteiger partial charge in [-0.15, -0.1) is 11.8 Å². The molecule has 0 bridgehead atoms. The monoisotopic (exact) mass is 697 g/mol. The molecule has 14 heteroatoms. The van der Waals surface area contributed by atoms with Crippen LogP contribution >= 0.6 is 23.4 Å². The van der Waals surface area contributed by atoms with E-state index in [0.717, 1.165) is 51.3 Å². The molecule has 2 aromatic carbocycles. The van der Waals surface area contributed by atoms with Crippen LogP contribution in [0.1, 0.15) is 37.8 Å². The molecule has 4 aliphatic rings. The molecule has 0 unspecified atom stereocenters. The topological polar surface area (TPSA) is 71.9 Å². The van der Waals surface area contributed by atoms with Gasteiger partial charge in [0.25, 0.3) is 0 Å². The van der Waals surface area contributed by atoms with Crippen LogP contribution in [0.5, 0.6) is 0 Å². The quantitative estimate of drug-likeness (QED) is 0.119. The van der Waals surface area contributed by atoms with Crippen molar-refractivity contribution in [1.29, 1.82) is 5.41 Å². The number of alkyl halides is 3. The van der Waals surface area contributed by atoms with Gasteiger partial charge >= 0.3 is 6.18 Å². The number of carbonyl (C=O) groups is 1. The normalized spacial score (nSPS) is 24.4. The largest absolute Gasteiger partial charge is 0.417 e. The number of halogens is 6. The maximum absolute atomic E-state index is 15.3. The number of anilines is 1. The van der Waals surface area contributed by atoms with Crippen molar-refractivity contribution in [3.05, 3.63) is 58.6 Å². The molecule has 3 fully saturated rings. The molecule has 6 rings (SSSR count). The van der Waals surface area contributed by atoms with Gasteiger partial charge in [-0.1, -0.05) is 18.2 Å². The standard InChI is InChI=1S/C33H37ClF5N5O2S/c1-4-27(45)44-18(2)12-43(13-19(44)3)31(40)22-9-23(33(37,38)39)28(21-10-24(34)26(36)11-25(21)35)30-29(22)41-20(15-47-30)14-42-7-5-32(6-8-42)16-46-17-32/h4,9-11,18-20,40-41H,1,5-8,12-17H2,2-3H3/t18-,19+,20-/m0/s1. The third-order valence-corrected chi connectivity index (χ3v) is 11.3. The highest BCUT2D eigenvalue weighted by atomic mass is 35.5. The summed E-state index contributed by atoms with van der Waals surface area (Å²) < 4.78 is 79.5. The fourth-order valence-corrected chi connectivity index (χ4v) is 8.68. The molecule has 2 aromatic rings. The molecular formula is C33H37ClF5N5O2S. The van der Waals surface area contributed by atoms with Gasteiger partial charge in [-0.25, -0.2) is 8.78 Å². The Morgan fingerprint density at radius 1 is 1.15 bits per heavy atom. The van der Waals surface area contributed by atoms with Gasteiger partial charge in [0.1, 0.15) is 17.5 Å². The molecule has 0 aromatic heterocycles. The van der Waals surface area contributed by atoms with Crippen molar-refractivity contribution in [1.82, 2.24) is 14.7 Å². The number of benzene rings is 2. The summed E-state index contributed by atoms with van der Waals surface area (Å²) in [7, 11) is 0. The first kappa shape index (κ1) is 34.0. The van der Waals surface area contributed by atoms with Gasteiger partial charge in [-0.3, -0.25) is 10.2 Å². The molecule has 2 N–H and O–H groups in total. The lowest BCUT2D eigenvalue weighted by molar-refractivity contribution is -0.139. The Morgan fingerprint density at radius 2 is 1.81 bits per heavy atom. The predicted octanol–water partition coefficient (Wildman–Crippen LogP) is 6.74. The molecule has 3 saturated heterocycles. The zero-order valence-electron chi connectivity index (χ0n) is 26.2. The number of piperazine rings is 1. The summed E-state index contributed by atoms with van der Waals surface area (Å²) in [5, 5.41) is 12.2. The van der Waals surface area contributed by atoms with Crippen LogP contribution in [-0.4, -0.2) is 96.3 Å². The Balaban J connectivity index is 1.41. The van der Waals surface area contributed by atoms with Gasteiger partial charge in [0.2, 0.25) is 5.91 Å². The summed E-state index contributed by atoms with van der Waals surface area (Å²) in [4.78, 5) is 18.3. The Labute approximate surface area is 279 Å². The molecule has 4 aliphatic heterocycles. The molecule has 3 atom stereocenters. The van der Waals surface area contributed by atoms with Crippen molar-refractivity contribution in [3.8, 4) is 11.1 Å². The number of amidine groups is 1. The number of carbonyl (C=O) groups excluding carboxylic acids is 1. The fourth-order valence-electron chi connectivity index (χ4n) is 7.28. The van der Waals surface area contributed by atoms with E-state index in [4.69, 9.17) is 16.3 Å². The first-order valence-electron chi connectivity index (χ1n) is 15.6. The van der Waals surface area contributed by atoms with E-state index in [-0.39, 0.29) is 58.8 Å². The first-order chi connectivity index (χ1) is 22.2. The number of nitrogens with zero attached hydrogens (tertiary/aromatic N) is 3. The van der Waals surface area contributed by atoms with E-state index in [2.05, 4.69) is 16.8 Å². The summed E-state index contributed by atoms with van der Waals surface area (Å²) in [5.74, 6) is -2.25. The summed E-state index contributed by atoms with van der Waals surface area (Å²) in [6.45, 7) is 11.6. The lowest BCUT2D eigenvalue weighted by Crippen LogP contribution is -2.59. The molecule has 47 heavy (non-hydrogen) atoms. The van der Waals surface area contributed by atoms with E-state index in [1.165, 1.54) is 17.8 Å². The lowest BCUT2D eigenvalue weighted by atomic mass is 9.77. The number of fused-ring (bicyclic) bond motifs is 1. The molecule has 0 aliphatic carbocycles. The van der Waals surface area contributed by atoms with Crippen molar-refractivity contribution in [2.75, 3.05) is 57.0 Å². The van der Waals surface area contributed by atoms with Crippen molar-refractivity contribution in [2.24, 2.45) is 5.41 Å². The van der Waals surface area contributed by atoms with E-state index >= 15 is 4.39 Å². The second-order valence-corrected chi connectivity index (χ2v) is 14.6. The highest BCUT2D eigenvalue weighted by molar-refractivity contribution is 7.99. The average molecular weight is 698 g/mol. The van der Waals surface area contributed by atoms with Crippen LogP contribution in [0.25, 0.3) is 11.1 Å². The number of nitrogens with one attached hydrogen (secondary N) is 2. The van der Waals surface area contributed by atoms with Crippen LogP contribution < -0.4 is 5.32 Å². The van der Waals surface area contributed by atoms with Crippen LogP contribution in [0.2, 0.25) is 5.02 Å². The minimum absolute atomic E-state index is 0.0222. The number of hydrogen-bond acceptors (Lipinski definition) is 6. The number of rotatable bonds is 5. The second-order valence-electron chi connectivity index (χ2n) is 13.1. The number of thioether (sulfide) groups is 1. The van der Waals surface area contributed by atoms with Crippen molar-refractivity contribution in [2.45, 2.75) is 55.9 Å². The lowest BCUT2D eigenvalue weighted by Gasteiger charge is -2.48. The molecule has 4 heterocycles. The number of amides is 1. The third kappa shape index (κ3) is 6.48. The van der Waals surface area contributed by atoms with E-state index in [1.807, 2.05) is 13.8 Å². The summed E-state index contributed by atoms with van der Waals surface area (Å²) in [6.07, 6.45) is -1.68. The Bertz CT molecular complexity index is 1580. The number of hydrogen-bond donors (Lipinski definition) is 2. The first-order valence-corrected chi connectivity index (χ1v) is 17.0. The summed E-state index contributed by atoms with van der Waals surface area (Å²) in [5.41, 5.74) is -1.48. The summed E-state index contributed by atoms with van der Waals surface area (Å²) >= 11 is 7.14. The molecule has 1 amide bonds. The van der Waals surface area contributed by atoms with Crippen LogP contribution in [0.3, 0.4) is 0 Å². The van der Waals surface area contributed by atoms with Crippen LogP contribution in [-0.2, 0) is 15.7 Å². The van der Waals surface area contributed by atoms with Gasteiger partial charge in [0.15, 0.2) is 0 Å². The van der Waals surface area contributed by atoms with E-state index in [1.54, 1.807) is 9.80 Å². The number of ether oxygens (including phenoxy) is 1. The highest BCUT2D eigenvalue weighted by Gasteiger charge is 2.43. The van der Waals surface area contributed by atoms with Crippen LogP contribution in [0.4, 0.5) is 27.6 Å². The molecule has 1 spiro atoms. The van der Waals surface area contributed by atoms with Gasteiger partial charge in [0, 0.05) is 76.6 Å². The van der Waals surface area contributed by atoms with E-state index in [0.29, 0.717) is 24.1 Å². The minimum Gasteiger partial charge on any atom is -0.380 e. The van der Waals surface area contributed by atoms with Gasteiger partial charge in [-0.2, -0.15) is 13.2 Å². The maximum atomic E-state index is 15.3. The zero-order chi connectivity index (χ0) is 33.8. The smallest absolute Gasteiger partial charge is 0.380 e. The fraction of sp³-hybridized carbons (Fsp3) is 0.515. The van der Waals surface area contributed by atoms with Gasteiger partial charge < -0.3 is 24.8 Å². The highest BCUT2D eigenvalue weighted by Crippen LogP contribution is 2.51.